The van der Waals surface area contributed by atoms with Crippen LogP contribution in [-0.4, -0.2) is 42.0 Å². The van der Waals surface area contributed by atoms with Crippen molar-refractivity contribution in [2.75, 3.05) is 31.1 Å². The first-order valence-corrected chi connectivity index (χ1v) is 8.09. The van der Waals surface area contributed by atoms with Crippen LogP contribution in [0.2, 0.25) is 0 Å². The Morgan fingerprint density at radius 1 is 0.958 bits per heavy atom. The highest BCUT2D eigenvalue weighted by Crippen LogP contribution is 2.21. The summed E-state index contributed by atoms with van der Waals surface area (Å²) in [5.74, 6) is -0.380. The van der Waals surface area contributed by atoms with Gasteiger partial charge in [0.1, 0.15) is 11.5 Å². The number of piperazine rings is 1. The van der Waals surface area contributed by atoms with Crippen molar-refractivity contribution in [1.29, 1.82) is 0 Å². The topological polar surface area (TPSA) is 39.3 Å². The molecule has 0 saturated carbocycles. The fourth-order valence-electron chi connectivity index (χ4n) is 3.21. The molecule has 2 aromatic carbocycles. The fourth-order valence-corrected chi connectivity index (χ4v) is 3.21. The minimum absolute atomic E-state index is 0.0710. The van der Waals surface area contributed by atoms with E-state index in [-0.39, 0.29) is 11.7 Å². The van der Waals surface area contributed by atoms with E-state index in [0.29, 0.717) is 29.7 Å². The smallest absolute Gasteiger partial charge is 0.270 e. The van der Waals surface area contributed by atoms with Gasteiger partial charge >= 0.3 is 0 Å². The normalized spacial score (nSPS) is 15.0. The number of anilines is 1. The molecule has 4 rings (SSSR count). The number of rotatable bonds is 2. The highest BCUT2D eigenvalue weighted by atomic mass is 19.1. The number of aromatic nitrogens is 1. The molecule has 1 saturated heterocycles. The Kier molecular flexibility index (Phi) is 3.69. The number of nitrogens with zero attached hydrogens (tertiary/aromatic N) is 2. The predicted molar refractivity (Wildman–Crippen MR) is 92.8 cm³/mol. The number of nitrogens with one attached hydrogen (secondary N) is 1. The predicted octanol–water partition coefficient (Wildman–Crippen LogP) is 3.27. The third-order valence-corrected chi connectivity index (χ3v) is 4.53. The monoisotopic (exact) mass is 323 g/mol. The Balaban J connectivity index is 1.48. The van der Waals surface area contributed by atoms with Crippen LogP contribution in [0.4, 0.5) is 10.1 Å². The first kappa shape index (κ1) is 14.8. The van der Waals surface area contributed by atoms with Crippen molar-refractivity contribution in [3.05, 3.63) is 66.1 Å². The standard InChI is InChI=1S/C19H18FN3O/c20-16-7-4-8-17-15(16)13-18(21-17)19(24)23-11-9-22(10-12-23)14-5-2-1-3-6-14/h1-8,13,21H,9-12H2. The summed E-state index contributed by atoms with van der Waals surface area (Å²) in [6.07, 6.45) is 0. The van der Waals surface area contributed by atoms with Crippen molar-refractivity contribution in [2.45, 2.75) is 0 Å². The number of para-hydroxylation sites is 1. The van der Waals surface area contributed by atoms with E-state index in [1.807, 2.05) is 23.1 Å². The summed E-state index contributed by atoms with van der Waals surface area (Å²) in [5.41, 5.74) is 2.28. The second-order valence-electron chi connectivity index (χ2n) is 6.00. The van der Waals surface area contributed by atoms with Crippen LogP contribution in [-0.2, 0) is 0 Å². The lowest BCUT2D eigenvalue weighted by molar-refractivity contribution is 0.0742. The largest absolute Gasteiger partial charge is 0.368 e. The number of hydrogen-bond acceptors (Lipinski definition) is 2. The Bertz CT molecular complexity index is 867. The average Bonchev–Trinajstić information content (AvgIpc) is 3.08. The van der Waals surface area contributed by atoms with Gasteiger partial charge in [-0.2, -0.15) is 0 Å². The van der Waals surface area contributed by atoms with E-state index < -0.39 is 0 Å². The first-order valence-electron chi connectivity index (χ1n) is 8.09. The summed E-state index contributed by atoms with van der Waals surface area (Å²) in [6, 6.07) is 16.6. The highest BCUT2D eigenvalue weighted by molar-refractivity contribution is 5.98. The maximum absolute atomic E-state index is 13.8. The SMILES string of the molecule is O=C(c1cc2c(F)cccc2[nH]1)N1CCN(c2ccccc2)CC1. The molecule has 1 aromatic heterocycles. The maximum atomic E-state index is 13.8. The number of fused-ring (bicyclic) bond motifs is 1. The van der Waals surface area contributed by atoms with Gasteiger partial charge in [-0.05, 0) is 30.3 Å². The number of carbonyl (C=O) groups is 1. The molecule has 5 heteroatoms. The summed E-state index contributed by atoms with van der Waals surface area (Å²) >= 11 is 0. The van der Waals surface area contributed by atoms with E-state index in [0.717, 1.165) is 13.1 Å². The van der Waals surface area contributed by atoms with Crippen LogP contribution < -0.4 is 4.90 Å². The number of aromatic amines is 1. The van der Waals surface area contributed by atoms with Crippen molar-refractivity contribution in [3.8, 4) is 0 Å². The fraction of sp³-hybridized carbons (Fsp3) is 0.211. The molecule has 2 heterocycles. The first-order chi connectivity index (χ1) is 11.7. The number of halogens is 1. The van der Waals surface area contributed by atoms with Gasteiger partial charge in [-0.25, -0.2) is 4.39 Å². The van der Waals surface area contributed by atoms with Gasteiger partial charge in [-0.3, -0.25) is 4.79 Å². The summed E-state index contributed by atoms with van der Waals surface area (Å²) in [7, 11) is 0. The molecule has 1 N–H and O–H groups in total. The zero-order valence-electron chi connectivity index (χ0n) is 13.2. The second-order valence-corrected chi connectivity index (χ2v) is 6.00. The third-order valence-electron chi connectivity index (χ3n) is 4.53. The van der Waals surface area contributed by atoms with Crippen molar-refractivity contribution in [3.63, 3.8) is 0 Å². The van der Waals surface area contributed by atoms with E-state index in [4.69, 9.17) is 0 Å². The van der Waals surface area contributed by atoms with Crippen LogP contribution in [0.25, 0.3) is 10.9 Å². The summed E-state index contributed by atoms with van der Waals surface area (Å²) in [5, 5.41) is 0.462. The zero-order valence-corrected chi connectivity index (χ0v) is 13.2. The number of amides is 1. The minimum Gasteiger partial charge on any atom is -0.368 e. The molecule has 0 atom stereocenters. The van der Waals surface area contributed by atoms with Crippen molar-refractivity contribution >= 4 is 22.5 Å². The molecule has 0 spiro atoms. The molecule has 0 aliphatic carbocycles. The summed E-state index contributed by atoms with van der Waals surface area (Å²) < 4.78 is 13.8. The molecule has 1 amide bonds. The van der Waals surface area contributed by atoms with Gasteiger partial charge in [0.2, 0.25) is 0 Å². The van der Waals surface area contributed by atoms with E-state index >= 15 is 0 Å². The number of carbonyl (C=O) groups excluding carboxylic acids is 1. The Morgan fingerprint density at radius 2 is 1.71 bits per heavy atom. The van der Waals surface area contributed by atoms with Crippen molar-refractivity contribution in [1.82, 2.24) is 9.88 Å². The minimum atomic E-state index is -0.309. The van der Waals surface area contributed by atoms with Crippen LogP contribution in [0.5, 0.6) is 0 Å². The van der Waals surface area contributed by atoms with E-state index in [1.165, 1.54) is 11.8 Å². The lowest BCUT2D eigenvalue weighted by atomic mass is 10.2. The second kappa shape index (κ2) is 6.00. The van der Waals surface area contributed by atoms with Crippen LogP contribution in [0.3, 0.4) is 0 Å². The number of H-pyrrole nitrogens is 1. The molecule has 3 aromatic rings. The van der Waals surface area contributed by atoms with Gasteiger partial charge in [-0.15, -0.1) is 0 Å². The molecule has 0 bridgehead atoms. The van der Waals surface area contributed by atoms with Crippen LogP contribution >= 0.6 is 0 Å². The van der Waals surface area contributed by atoms with Gasteiger partial charge in [0, 0.05) is 42.8 Å². The van der Waals surface area contributed by atoms with Gasteiger partial charge in [0.25, 0.3) is 5.91 Å². The summed E-state index contributed by atoms with van der Waals surface area (Å²) in [6.45, 7) is 2.91. The van der Waals surface area contributed by atoms with Crippen molar-refractivity contribution < 1.29 is 9.18 Å². The van der Waals surface area contributed by atoms with Gasteiger partial charge in [0.15, 0.2) is 0 Å². The van der Waals surface area contributed by atoms with Gasteiger partial charge in [-0.1, -0.05) is 24.3 Å². The molecular formula is C19H18FN3O. The van der Waals surface area contributed by atoms with E-state index in [2.05, 4.69) is 22.0 Å². The molecule has 1 aliphatic heterocycles. The molecule has 4 nitrogen and oxygen atoms in total. The quantitative estimate of drug-likeness (QED) is 0.786. The van der Waals surface area contributed by atoms with Crippen LogP contribution in [0.1, 0.15) is 10.5 Å². The van der Waals surface area contributed by atoms with Crippen LogP contribution in [0.15, 0.2) is 54.6 Å². The molecule has 1 fully saturated rings. The highest BCUT2D eigenvalue weighted by Gasteiger charge is 2.23. The molecule has 24 heavy (non-hydrogen) atoms. The lowest BCUT2D eigenvalue weighted by Gasteiger charge is -2.35. The molecule has 0 radical (unpaired) electrons. The van der Waals surface area contributed by atoms with Gasteiger partial charge in [0.05, 0.1) is 0 Å². The number of benzene rings is 2. The lowest BCUT2D eigenvalue weighted by Crippen LogP contribution is -2.48. The Hall–Kier alpha value is -2.82. The number of hydrogen-bond donors (Lipinski definition) is 1. The van der Waals surface area contributed by atoms with E-state index in [1.54, 1.807) is 18.2 Å². The zero-order chi connectivity index (χ0) is 16.5. The average molecular weight is 323 g/mol. The van der Waals surface area contributed by atoms with E-state index in [9.17, 15) is 9.18 Å². The van der Waals surface area contributed by atoms with Crippen molar-refractivity contribution in [2.24, 2.45) is 0 Å². The Labute approximate surface area is 139 Å². The summed E-state index contributed by atoms with van der Waals surface area (Å²) in [4.78, 5) is 19.8. The molecule has 0 unspecified atom stereocenters. The molecular weight excluding hydrogens is 305 g/mol. The Morgan fingerprint density at radius 3 is 2.42 bits per heavy atom. The van der Waals surface area contributed by atoms with Gasteiger partial charge < -0.3 is 14.8 Å². The molecule has 122 valence electrons. The maximum Gasteiger partial charge on any atom is 0.270 e. The third kappa shape index (κ3) is 2.62. The molecule has 1 aliphatic rings. The van der Waals surface area contributed by atoms with Crippen LogP contribution in [0, 0.1) is 5.82 Å².